The highest BCUT2D eigenvalue weighted by Crippen LogP contribution is 2.27. The first-order valence-electron chi connectivity index (χ1n) is 5.01. The lowest BCUT2D eigenvalue weighted by molar-refractivity contribution is -0.140. The van der Waals surface area contributed by atoms with Crippen LogP contribution in [0.15, 0.2) is 11.1 Å². The molecule has 0 atom stereocenters. The fourth-order valence-corrected chi connectivity index (χ4v) is 1.75. The van der Waals surface area contributed by atoms with E-state index in [0.717, 1.165) is 6.42 Å². The Balaban J connectivity index is 2.27. The topological polar surface area (TPSA) is 26.3 Å². The lowest BCUT2D eigenvalue weighted by Gasteiger charge is -2.05. The van der Waals surface area contributed by atoms with Crippen LogP contribution in [-0.2, 0) is 9.53 Å². The molecule has 1 aliphatic rings. The second kappa shape index (κ2) is 5.05. The molecule has 0 radical (unpaired) electrons. The average molecular weight is 182 g/mol. The number of rotatable bonds is 3. The molecule has 0 aromatic rings. The van der Waals surface area contributed by atoms with Gasteiger partial charge < -0.3 is 4.74 Å². The Bertz CT molecular complexity index is 208. The molecule has 0 spiro atoms. The maximum atomic E-state index is 10.5. The maximum Gasteiger partial charge on any atom is 0.302 e. The van der Waals surface area contributed by atoms with Gasteiger partial charge in [-0.1, -0.05) is 11.1 Å². The summed E-state index contributed by atoms with van der Waals surface area (Å²) in [5.41, 5.74) is 3.02. The lowest BCUT2D eigenvalue weighted by Crippen LogP contribution is -2.01. The van der Waals surface area contributed by atoms with Crippen LogP contribution in [0, 0.1) is 0 Å². The number of esters is 1. The molecule has 74 valence electrons. The van der Waals surface area contributed by atoms with Crippen molar-refractivity contribution >= 4 is 5.97 Å². The minimum atomic E-state index is -0.177. The molecule has 0 aromatic heterocycles. The van der Waals surface area contributed by atoms with Crippen LogP contribution >= 0.6 is 0 Å². The Kier molecular flexibility index (Phi) is 4.00. The molecule has 0 aromatic carbocycles. The van der Waals surface area contributed by atoms with Crippen molar-refractivity contribution in [3.05, 3.63) is 11.1 Å². The Morgan fingerprint density at radius 1 is 1.31 bits per heavy atom. The van der Waals surface area contributed by atoms with Gasteiger partial charge in [0.15, 0.2) is 0 Å². The normalized spacial score (nSPS) is 16.0. The Morgan fingerprint density at radius 3 is 2.46 bits per heavy atom. The number of hydrogen-bond donors (Lipinski definition) is 0. The molecular weight excluding hydrogens is 164 g/mol. The fourth-order valence-electron chi connectivity index (χ4n) is 1.75. The first-order valence-corrected chi connectivity index (χ1v) is 5.01. The van der Waals surface area contributed by atoms with Gasteiger partial charge in [-0.25, -0.2) is 0 Å². The van der Waals surface area contributed by atoms with E-state index in [1.54, 1.807) is 5.57 Å². The van der Waals surface area contributed by atoms with Gasteiger partial charge in [-0.15, -0.1) is 0 Å². The molecule has 0 N–H and O–H groups in total. The first kappa shape index (κ1) is 10.3. The number of carbonyl (C=O) groups excluding carboxylic acids is 1. The zero-order chi connectivity index (χ0) is 9.68. The van der Waals surface area contributed by atoms with Gasteiger partial charge in [0, 0.05) is 13.3 Å². The quantitative estimate of drug-likeness (QED) is 0.495. The van der Waals surface area contributed by atoms with E-state index in [4.69, 9.17) is 4.74 Å². The van der Waals surface area contributed by atoms with Gasteiger partial charge in [-0.3, -0.25) is 4.79 Å². The lowest BCUT2D eigenvalue weighted by atomic mass is 10.1. The van der Waals surface area contributed by atoms with Crippen LogP contribution in [0.25, 0.3) is 0 Å². The van der Waals surface area contributed by atoms with Crippen LogP contribution in [0.2, 0.25) is 0 Å². The molecule has 2 heteroatoms. The van der Waals surface area contributed by atoms with Crippen molar-refractivity contribution in [2.24, 2.45) is 0 Å². The maximum absolute atomic E-state index is 10.5. The second-order valence-electron chi connectivity index (χ2n) is 3.68. The van der Waals surface area contributed by atoms with Crippen molar-refractivity contribution in [3.63, 3.8) is 0 Å². The second-order valence-corrected chi connectivity index (χ2v) is 3.68. The van der Waals surface area contributed by atoms with Crippen LogP contribution in [0.5, 0.6) is 0 Å². The molecular formula is C11H18O2. The van der Waals surface area contributed by atoms with E-state index in [2.05, 4.69) is 6.92 Å². The van der Waals surface area contributed by atoms with Crippen molar-refractivity contribution in [2.45, 2.75) is 46.0 Å². The smallest absolute Gasteiger partial charge is 0.302 e. The summed E-state index contributed by atoms with van der Waals surface area (Å²) < 4.78 is 4.90. The zero-order valence-electron chi connectivity index (χ0n) is 8.56. The molecule has 0 saturated heterocycles. The summed E-state index contributed by atoms with van der Waals surface area (Å²) in [7, 11) is 0. The summed E-state index contributed by atoms with van der Waals surface area (Å²) in [6.45, 7) is 4.16. The Hall–Kier alpha value is -0.790. The van der Waals surface area contributed by atoms with Crippen LogP contribution in [-0.4, -0.2) is 12.6 Å². The summed E-state index contributed by atoms with van der Waals surface area (Å²) in [4.78, 5) is 10.5. The fraction of sp³-hybridized carbons (Fsp3) is 0.727. The minimum Gasteiger partial charge on any atom is -0.466 e. The Morgan fingerprint density at radius 2 is 1.92 bits per heavy atom. The third-order valence-electron chi connectivity index (χ3n) is 2.59. The third-order valence-corrected chi connectivity index (χ3v) is 2.59. The number of hydrogen-bond acceptors (Lipinski definition) is 2. The van der Waals surface area contributed by atoms with E-state index < -0.39 is 0 Å². The van der Waals surface area contributed by atoms with E-state index in [9.17, 15) is 4.79 Å². The van der Waals surface area contributed by atoms with Crippen molar-refractivity contribution in [1.82, 2.24) is 0 Å². The van der Waals surface area contributed by atoms with E-state index in [1.807, 2.05) is 0 Å². The summed E-state index contributed by atoms with van der Waals surface area (Å²) in [5, 5.41) is 0. The van der Waals surface area contributed by atoms with Crippen LogP contribution in [0.1, 0.15) is 46.0 Å². The van der Waals surface area contributed by atoms with Crippen molar-refractivity contribution in [3.8, 4) is 0 Å². The number of ether oxygens (including phenoxy) is 1. The minimum absolute atomic E-state index is 0.177. The first-order chi connectivity index (χ1) is 6.20. The molecule has 1 rings (SSSR count). The van der Waals surface area contributed by atoms with E-state index in [1.165, 1.54) is 38.2 Å². The van der Waals surface area contributed by atoms with Gasteiger partial charge in [0.25, 0.3) is 0 Å². The molecule has 1 aliphatic carbocycles. The molecule has 1 fully saturated rings. The van der Waals surface area contributed by atoms with Crippen LogP contribution in [0.3, 0.4) is 0 Å². The molecule has 0 unspecified atom stereocenters. The Labute approximate surface area is 80.0 Å². The van der Waals surface area contributed by atoms with Crippen LogP contribution < -0.4 is 0 Å². The van der Waals surface area contributed by atoms with Gasteiger partial charge in [0.05, 0.1) is 6.61 Å². The molecule has 13 heavy (non-hydrogen) atoms. The zero-order valence-corrected chi connectivity index (χ0v) is 8.56. The summed E-state index contributed by atoms with van der Waals surface area (Å²) in [5.74, 6) is -0.177. The molecule has 0 heterocycles. The highest BCUT2D eigenvalue weighted by atomic mass is 16.5. The van der Waals surface area contributed by atoms with Crippen molar-refractivity contribution in [1.29, 1.82) is 0 Å². The molecule has 0 amide bonds. The average Bonchev–Trinajstić information content (AvgIpc) is 2.55. The van der Waals surface area contributed by atoms with Crippen LogP contribution in [0.4, 0.5) is 0 Å². The summed E-state index contributed by atoms with van der Waals surface area (Å²) >= 11 is 0. The van der Waals surface area contributed by atoms with E-state index >= 15 is 0 Å². The molecule has 0 aliphatic heterocycles. The highest BCUT2D eigenvalue weighted by molar-refractivity contribution is 5.65. The van der Waals surface area contributed by atoms with Gasteiger partial charge in [-0.05, 0) is 32.6 Å². The molecule has 2 nitrogen and oxygen atoms in total. The molecule has 0 bridgehead atoms. The molecule has 1 saturated carbocycles. The summed E-state index contributed by atoms with van der Waals surface area (Å²) in [6.07, 6.45) is 6.09. The monoisotopic (exact) mass is 182 g/mol. The number of allylic oxidation sites excluding steroid dienone is 1. The van der Waals surface area contributed by atoms with E-state index in [0.29, 0.717) is 6.61 Å². The SMILES string of the molecule is CC(=O)OCCC(C)=C1CCCC1. The largest absolute Gasteiger partial charge is 0.466 e. The van der Waals surface area contributed by atoms with Crippen molar-refractivity contribution in [2.75, 3.05) is 6.61 Å². The van der Waals surface area contributed by atoms with Crippen molar-refractivity contribution < 1.29 is 9.53 Å². The van der Waals surface area contributed by atoms with E-state index in [-0.39, 0.29) is 5.97 Å². The van der Waals surface area contributed by atoms with Gasteiger partial charge >= 0.3 is 5.97 Å². The predicted molar refractivity (Wildman–Crippen MR) is 52.4 cm³/mol. The highest BCUT2D eigenvalue weighted by Gasteiger charge is 2.09. The standard InChI is InChI=1S/C11H18O2/c1-9(7-8-13-10(2)12)11-5-3-4-6-11/h3-8H2,1-2H3. The van der Waals surface area contributed by atoms with Gasteiger partial charge in [0.1, 0.15) is 0 Å². The third kappa shape index (κ3) is 3.62. The van der Waals surface area contributed by atoms with Gasteiger partial charge in [-0.2, -0.15) is 0 Å². The number of carbonyl (C=O) groups is 1. The summed E-state index contributed by atoms with van der Waals surface area (Å²) in [6, 6.07) is 0. The van der Waals surface area contributed by atoms with Gasteiger partial charge in [0.2, 0.25) is 0 Å². The predicted octanol–water partition coefficient (Wildman–Crippen LogP) is 2.83.